The van der Waals surface area contributed by atoms with Crippen molar-refractivity contribution in [1.29, 1.82) is 0 Å². The van der Waals surface area contributed by atoms with Crippen LogP contribution < -0.4 is 0 Å². The molecule has 0 bridgehead atoms. The first-order valence-corrected chi connectivity index (χ1v) is 9.56. The molecule has 2 fully saturated rings. The lowest BCUT2D eigenvalue weighted by molar-refractivity contribution is -0.192. The summed E-state index contributed by atoms with van der Waals surface area (Å²) in [7, 11) is 1.77. The molecule has 0 amide bonds. The highest BCUT2D eigenvalue weighted by molar-refractivity contribution is 5.73. The van der Waals surface area contributed by atoms with E-state index in [0.29, 0.717) is 5.92 Å². The third-order valence-corrected chi connectivity index (χ3v) is 5.51. The molecular weight excluding hydrogens is 394 g/mol. The maximum atomic E-state index is 13.3. The smallest absolute Gasteiger partial charge is 0.475 e. The van der Waals surface area contributed by atoms with E-state index in [2.05, 4.69) is 4.90 Å². The van der Waals surface area contributed by atoms with E-state index in [1.54, 1.807) is 19.2 Å². The van der Waals surface area contributed by atoms with E-state index in [-0.39, 0.29) is 11.4 Å². The second kappa shape index (κ2) is 10.4. The first-order chi connectivity index (χ1) is 13.7. The monoisotopic (exact) mass is 421 g/mol. The number of carboxylic acids is 1. The molecule has 1 aromatic rings. The summed E-state index contributed by atoms with van der Waals surface area (Å²) in [5, 5.41) is 7.12. The molecule has 3 rings (SSSR count). The van der Waals surface area contributed by atoms with Gasteiger partial charge in [0.15, 0.2) is 0 Å². The summed E-state index contributed by atoms with van der Waals surface area (Å²) in [6.45, 7) is 4.59. The van der Waals surface area contributed by atoms with Gasteiger partial charge >= 0.3 is 12.1 Å². The molecule has 1 aromatic carbocycles. The Labute approximate surface area is 167 Å². The van der Waals surface area contributed by atoms with Crippen molar-refractivity contribution in [1.82, 2.24) is 4.90 Å². The SMILES string of the molecule is COCCC1CCOC12CCN(Cc1cccc(F)c1)CC2.O=C(O)C(F)(F)F. The molecule has 0 saturated carbocycles. The number of carboxylic acid groups (broad SMARTS) is 1. The first-order valence-electron chi connectivity index (χ1n) is 9.56. The average Bonchev–Trinajstić information content (AvgIpc) is 3.04. The third-order valence-electron chi connectivity index (χ3n) is 5.51. The summed E-state index contributed by atoms with van der Waals surface area (Å²) in [5.74, 6) is -2.28. The van der Waals surface area contributed by atoms with E-state index in [9.17, 15) is 17.6 Å². The number of piperidine rings is 1. The Hall–Kier alpha value is -1.71. The zero-order valence-electron chi connectivity index (χ0n) is 16.4. The Kier molecular flexibility index (Phi) is 8.42. The molecule has 1 spiro atoms. The van der Waals surface area contributed by atoms with Crippen molar-refractivity contribution < 1.29 is 36.9 Å². The summed E-state index contributed by atoms with van der Waals surface area (Å²) in [6.07, 6.45) is -0.666. The van der Waals surface area contributed by atoms with Crippen molar-refractivity contribution in [2.45, 2.75) is 44.0 Å². The zero-order valence-corrected chi connectivity index (χ0v) is 16.4. The average molecular weight is 421 g/mol. The van der Waals surface area contributed by atoms with E-state index in [0.717, 1.165) is 64.1 Å². The van der Waals surface area contributed by atoms with Crippen LogP contribution in [0.2, 0.25) is 0 Å². The van der Waals surface area contributed by atoms with Gasteiger partial charge in [-0.2, -0.15) is 13.2 Å². The molecule has 2 aliphatic rings. The molecule has 5 nitrogen and oxygen atoms in total. The van der Waals surface area contributed by atoms with Gasteiger partial charge in [0.1, 0.15) is 5.82 Å². The summed E-state index contributed by atoms with van der Waals surface area (Å²) < 4.78 is 56.4. The number of alkyl halides is 3. The Balaban J connectivity index is 0.000000370. The molecule has 1 N–H and O–H groups in total. The Morgan fingerprint density at radius 2 is 2.00 bits per heavy atom. The van der Waals surface area contributed by atoms with Crippen molar-refractivity contribution in [3.63, 3.8) is 0 Å². The van der Waals surface area contributed by atoms with Gasteiger partial charge in [0.2, 0.25) is 0 Å². The van der Waals surface area contributed by atoms with Crippen molar-refractivity contribution in [3.8, 4) is 0 Å². The van der Waals surface area contributed by atoms with E-state index >= 15 is 0 Å². The van der Waals surface area contributed by atoms with Gasteiger partial charge in [-0.05, 0) is 49.3 Å². The molecular formula is C20H27F4NO4. The maximum absolute atomic E-state index is 13.3. The summed E-state index contributed by atoms with van der Waals surface area (Å²) in [6, 6.07) is 6.93. The van der Waals surface area contributed by atoms with Crippen LogP contribution in [0.4, 0.5) is 17.6 Å². The number of benzene rings is 1. The molecule has 9 heteroatoms. The summed E-state index contributed by atoms with van der Waals surface area (Å²) in [5.41, 5.74) is 1.12. The van der Waals surface area contributed by atoms with Gasteiger partial charge < -0.3 is 14.6 Å². The van der Waals surface area contributed by atoms with Crippen LogP contribution in [0.3, 0.4) is 0 Å². The number of nitrogens with zero attached hydrogens (tertiary/aromatic N) is 1. The Morgan fingerprint density at radius 1 is 1.34 bits per heavy atom. The molecule has 2 aliphatic heterocycles. The number of carbonyl (C=O) groups is 1. The molecule has 2 saturated heterocycles. The van der Waals surface area contributed by atoms with E-state index < -0.39 is 12.1 Å². The predicted octanol–water partition coefficient (Wildman–Crippen LogP) is 3.87. The van der Waals surface area contributed by atoms with Gasteiger partial charge in [-0.1, -0.05) is 12.1 Å². The Morgan fingerprint density at radius 3 is 2.55 bits per heavy atom. The highest BCUT2D eigenvalue weighted by atomic mass is 19.4. The van der Waals surface area contributed by atoms with E-state index in [1.807, 2.05) is 6.07 Å². The quantitative estimate of drug-likeness (QED) is 0.732. The predicted molar refractivity (Wildman–Crippen MR) is 97.9 cm³/mol. The number of methoxy groups -OCH3 is 1. The summed E-state index contributed by atoms with van der Waals surface area (Å²) in [4.78, 5) is 11.3. The third kappa shape index (κ3) is 6.94. The lowest BCUT2D eigenvalue weighted by Crippen LogP contribution is -2.47. The minimum absolute atomic E-state index is 0.0664. The molecule has 1 atom stereocenters. The van der Waals surface area contributed by atoms with Crippen molar-refractivity contribution in [2.75, 3.05) is 33.4 Å². The van der Waals surface area contributed by atoms with Gasteiger partial charge in [-0.3, -0.25) is 4.90 Å². The van der Waals surface area contributed by atoms with Crippen LogP contribution in [-0.2, 0) is 20.8 Å². The van der Waals surface area contributed by atoms with Crippen LogP contribution in [0, 0.1) is 11.7 Å². The second-order valence-corrected chi connectivity index (χ2v) is 7.39. The first kappa shape index (κ1) is 23.6. The van der Waals surface area contributed by atoms with Crippen molar-refractivity contribution in [3.05, 3.63) is 35.6 Å². The largest absolute Gasteiger partial charge is 0.490 e. The fourth-order valence-electron chi connectivity index (χ4n) is 3.99. The molecule has 0 aromatic heterocycles. The van der Waals surface area contributed by atoms with Crippen LogP contribution in [-0.4, -0.2) is 61.2 Å². The standard InChI is InChI=1S/C18H26FNO2.C2HF3O2/c1-21-11-5-16-6-12-22-18(16)7-9-20(10-8-18)14-15-3-2-4-17(19)13-15;3-2(4,5)1(6)7/h2-4,13,16H,5-12,14H2,1H3;(H,6,7). The van der Waals surface area contributed by atoms with Gasteiger partial charge in [0.25, 0.3) is 0 Å². The minimum atomic E-state index is -5.08. The molecule has 1 unspecified atom stereocenters. The summed E-state index contributed by atoms with van der Waals surface area (Å²) >= 11 is 0. The lowest BCUT2D eigenvalue weighted by atomic mass is 9.78. The molecule has 2 heterocycles. The van der Waals surface area contributed by atoms with Gasteiger partial charge in [-0.25, -0.2) is 9.18 Å². The molecule has 29 heavy (non-hydrogen) atoms. The highest BCUT2D eigenvalue weighted by Crippen LogP contribution is 2.42. The van der Waals surface area contributed by atoms with Gasteiger partial charge in [-0.15, -0.1) is 0 Å². The maximum Gasteiger partial charge on any atom is 0.490 e. The van der Waals surface area contributed by atoms with Crippen LogP contribution in [0.25, 0.3) is 0 Å². The van der Waals surface area contributed by atoms with Crippen LogP contribution >= 0.6 is 0 Å². The van der Waals surface area contributed by atoms with Crippen LogP contribution in [0.5, 0.6) is 0 Å². The van der Waals surface area contributed by atoms with Gasteiger partial charge in [0, 0.05) is 40.0 Å². The van der Waals surface area contributed by atoms with Crippen molar-refractivity contribution in [2.24, 2.45) is 5.92 Å². The number of likely N-dealkylation sites (tertiary alicyclic amines) is 1. The topological polar surface area (TPSA) is 59.0 Å². The molecule has 0 aliphatic carbocycles. The van der Waals surface area contributed by atoms with Gasteiger partial charge in [0.05, 0.1) is 5.60 Å². The van der Waals surface area contributed by atoms with Crippen LogP contribution in [0.1, 0.15) is 31.2 Å². The minimum Gasteiger partial charge on any atom is -0.475 e. The second-order valence-electron chi connectivity index (χ2n) is 7.39. The lowest BCUT2D eigenvalue weighted by Gasteiger charge is -2.42. The van der Waals surface area contributed by atoms with E-state index in [4.69, 9.17) is 19.4 Å². The number of hydrogen-bond acceptors (Lipinski definition) is 4. The zero-order chi connectivity index (χ0) is 21.5. The van der Waals surface area contributed by atoms with Crippen LogP contribution in [0.15, 0.2) is 24.3 Å². The number of halogens is 4. The number of rotatable bonds is 5. The number of aliphatic carboxylic acids is 1. The number of hydrogen-bond donors (Lipinski definition) is 1. The molecule has 0 radical (unpaired) electrons. The van der Waals surface area contributed by atoms with Crippen molar-refractivity contribution >= 4 is 5.97 Å². The number of ether oxygens (including phenoxy) is 2. The van der Waals surface area contributed by atoms with E-state index in [1.165, 1.54) is 6.07 Å². The fraction of sp³-hybridized carbons (Fsp3) is 0.650. The normalized spacial score (nSPS) is 21.6. The molecule has 164 valence electrons. The highest BCUT2D eigenvalue weighted by Gasteiger charge is 2.45. The fourth-order valence-corrected chi connectivity index (χ4v) is 3.99. The Bertz CT molecular complexity index is 660.